The number of carbonyl (C=O) groups excluding carboxylic acids is 4. The molecule has 582 valence electrons. The number of phosphoric ester groups is 2. The topological polar surface area (TPSA) is 237 Å². The second-order valence-corrected chi connectivity index (χ2v) is 32.3. The third-order valence-electron chi connectivity index (χ3n) is 18.5. The summed E-state index contributed by atoms with van der Waals surface area (Å²) in [5.41, 5.74) is 0. The molecule has 0 aromatic heterocycles. The lowest BCUT2D eigenvalue weighted by molar-refractivity contribution is -0.161. The normalized spacial score (nSPS) is 13.9. The molecule has 98 heavy (non-hydrogen) atoms. The van der Waals surface area contributed by atoms with E-state index in [-0.39, 0.29) is 25.7 Å². The van der Waals surface area contributed by atoms with Crippen LogP contribution in [0.2, 0.25) is 0 Å². The molecule has 0 aliphatic rings. The highest BCUT2D eigenvalue weighted by Gasteiger charge is 2.30. The molecule has 3 N–H and O–H groups in total. The van der Waals surface area contributed by atoms with Gasteiger partial charge in [0.1, 0.15) is 19.3 Å². The average molecular weight is 1440 g/mol. The zero-order chi connectivity index (χ0) is 72.1. The number of rotatable bonds is 78. The molecule has 0 amide bonds. The maximum absolute atomic E-state index is 13.1. The van der Waals surface area contributed by atoms with E-state index in [2.05, 4.69) is 41.5 Å². The molecule has 0 aliphatic carbocycles. The SMILES string of the molecule is CCCCCCCCCCCCCCCCCCCC(=O)OC[C@H](COP(=O)(O)OC[C@@H](O)COP(=O)(O)OC[C@@H](COC(=O)CCCCCCCCC)OC(=O)CCCCCCCCCCCCCCCC(C)C)OC(=O)CCCCCCCCCCCCCCCCCC(C)C. The van der Waals surface area contributed by atoms with Gasteiger partial charge in [0.05, 0.1) is 26.4 Å². The molecule has 0 bridgehead atoms. The number of phosphoric acid groups is 2. The summed E-state index contributed by atoms with van der Waals surface area (Å²) in [6.45, 7) is 9.63. The van der Waals surface area contributed by atoms with Crippen molar-refractivity contribution in [1.82, 2.24) is 0 Å². The van der Waals surface area contributed by atoms with E-state index < -0.39 is 97.5 Å². The Kier molecular flexibility index (Phi) is 69.3. The zero-order valence-corrected chi connectivity index (χ0v) is 65.9. The van der Waals surface area contributed by atoms with E-state index in [0.29, 0.717) is 25.7 Å². The summed E-state index contributed by atoms with van der Waals surface area (Å²) in [4.78, 5) is 72.8. The van der Waals surface area contributed by atoms with Gasteiger partial charge < -0.3 is 33.8 Å². The van der Waals surface area contributed by atoms with E-state index in [4.69, 9.17) is 37.0 Å². The Balaban J connectivity index is 5.19. The minimum Gasteiger partial charge on any atom is -0.462 e. The van der Waals surface area contributed by atoms with Crippen LogP contribution in [0.25, 0.3) is 0 Å². The Bertz CT molecular complexity index is 1890. The number of unbranched alkanes of at least 4 members (excludes halogenated alkanes) is 48. The van der Waals surface area contributed by atoms with Gasteiger partial charge >= 0.3 is 39.5 Å². The number of aliphatic hydroxyl groups is 1. The second kappa shape index (κ2) is 70.7. The van der Waals surface area contributed by atoms with Crippen molar-refractivity contribution in [2.24, 2.45) is 11.8 Å². The van der Waals surface area contributed by atoms with E-state index in [1.54, 1.807) is 0 Å². The van der Waals surface area contributed by atoms with E-state index in [9.17, 15) is 43.2 Å². The van der Waals surface area contributed by atoms with Gasteiger partial charge in [-0.2, -0.15) is 0 Å². The predicted octanol–water partition coefficient (Wildman–Crippen LogP) is 23.5. The fourth-order valence-electron chi connectivity index (χ4n) is 12.2. The number of aliphatic hydroxyl groups excluding tert-OH is 1. The highest BCUT2D eigenvalue weighted by molar-refractivity contribution is 7.47. The number of esters is 4. The van der Waals surface area contributed by atoms with Crippen LogP contribution in [0, 0.1) is 11.8 Å². The van der Waals surface area contributed by atoms with Gasteiger partial charge in [-0.1, -0.05) is 363 Å². The van der Waals surface area contributed by atoms with Crippen LogP contribution in [-0.2, 0) is 65.4 Å². The monoisotopic (exact) mass is 1440 g/mol. The molecule has 0 aromatic carbocycles. The van der Waals surface area contributed by atoms with Crippen LogP contribution < -0.4 is 0 Å². The largest absolute Gasteiger partial charge is 0.472 e. The van der Waals surface area contributed by atoms with Crippen LogP contribution in [-0.4, -0.2) is 96.7 Å². The molecule has 0 saturated carbocycles. The van der Waals surface area contributed by atoms with Crippen molar-refractivity contribution in [3.63, 3.8) is 0 Å². The summed E-state index contributed by atoms with van der Waals surface area (Å²) in [7, 11) is -9.91. The van der Waals surface area contributed by atoms with E-state index >= 15 is 0 Å². The minimum atomic E-state index is -4.96. The predicted molar refractivity (Wildman–Crippen MR) is 400 cm³/mol. The molecule has 0 radical (unpaired) electrons. The van der Waals surface area contributed by atoms with Crippen LogP contribution in [0.4, 0.5) is 0 Å². The number of hydrogen-bond acceptors (Lipinski definition) is 15. The first-order valence-electron chi connectivity index (χ1n) is 41.0. The molecular weight excluding hydrogens is 1280 g/mol. The molecule has 2 unspecified atom stereocenters. The zero-order valence-electron chi connectivity index (χ0n) is 64.1. The first kappa shape index (κ1) is 96.1. The maximum atomic E-state index is 13.1. The summed E-state index contributed by atoms with van der Waals surface area (Å²) >= 11 is 0. The third kappa shape index (κ3) is 72.4. The average Bonchev–Trinajstić information content (AvgIpc) is 0.976. The van der Waals surface area contributed by atoms with Gasteiger partial charge in [0, 0.05) is 25.7 Å². The third-order valence-corrected chi connectivity index (χ3v) is 20.4. The molecule has 19 heteroatoms. The summed E-state index contributed by atoms with van der Waals surface area (Å²) in [5.74, 6) is -0.525. The Morgan fingerprint density at radius 1 is 0.276 bits per heavy atom. The Labute approximate surface area is 600 Å². The van der Waals surface area contributed by atoms with Crippen LogP contribution in [0.5, 0.6) is 0 Å². The van der Waals surface area contributed by atoms with Crippen LogP contribution >= 0.6 is 15.6 Å². The van der Waals surface area contributed by atoms with Gasteiger partial charge in [0.2, 0.25) is 0 Å². The van der Waals surface area contributed by atoms with Crippen LogP contribution in [0.3, 0.4) is 0 Å². The van der Waals surface area contributed by atoms with Crippen molar-refractivity contribution in [1.29, 1.82) is 0 Å². The molecule has 17 nitrogen and oxygen atoms in total. The maximum Gasteiger partial charge on any atom is 0.472 e. The molecule has 0 heterocycles. The van der Waals surface area contributed by atoms with Gasteiger partial charge in [-0.3, -0.25) is 37.3 Å². The summed E-state index contributed by atoms with van der Waals surface area (Å²) in [6, 6.07) is 0. The second-order valence-electron chi connectivity index (χ2n) is 29.4. The van der Waals surface area contributed by atoms with Crippen LogP contribution in [0.1, 0.15) is 414 Å². The number of ether oxygens (including phenoxy) is 4. The van der Waals surface area contributed by atoms with Crippen molar-refractivity contribution in [2.75, 3.05) is 39.6 Å². The quantitative estimate of drug-likeness (QED) is 0.0222. The smallest absolute Gasteiger partial charge is 0.462 e. The summed E-state index contributed by atoms with van der Waals surface area (Å²) in [6.07, 6.45) is 59.8. The van der Waals surface area contributed by atoms with Gasteiger partial charge in [-0.15, -0.1) is 0 Å². The van der Waals surface area contributed by atoms with E-state index in [1.165, 1.54) is 218 Å². The Hall–Kier alpha value is -1.94. The van der Waals surface area contributed by atoms with E-state index in [0.717, 1.165) is 115 Å². The lowest BCUT2D eigenvalue weighted by atomic mass is 10.0. The fourth-order valence-corrected chi connectivity index (χ4v) is 13.8. The molecule has 5 atom stereocenters. The van der Waals surface area contributed by atoms with Crippen molar-refractivity contribution in [2.45, 2.75) is 432 Å². The Morgan fingerprint density at radius 2 is 0.469 bits per heavy atom. The highest BCUT2D eigenvalue weighted by Crippen LogP contribution is 2.45. The van der Waals surface area contributed by atoms with Crippen molar-refractivity contribution < 1.29 is 80.2 Å². The van der Waals surface area contributed by atoms with Gasteiger partial charge in [-0.25, -0.2) is 9.13 Å². The molecule has 0 saturated heterocycles. The summed E-state index contributed by atoms with van der Waals surface area (Å²) < 4.78 is 68.6. The van der Waals surface area contributed by atoms with Gasteiger partial charge in [-0.05, 0) is 37.5 Å². The molecule has 0 fully saturated rings. The molecule has 0 rings (SSSR count). The lowest BCUT2D eigenvalue weighted by Crippen LogP contribution is -2.30. The summed E-state index contributed by atoms with van der Waals surface area (Å²) in [5, 5.41) is 10.6. The molecule has 0 spiro atoms. The number of hydrogen-bond donors (Lipinski definition) is 3. The highest BCUT2D eigenvalue weighted by atomic mass is 31.2. The molecule has 0 aromatic rings. The van der Waals surface area contributed by atoms with Gasteiger partial charge in [0.15, 0.2) is 12.2 Å². The standard InChI is InChI=1S/C79H154O17P2/c1-7-9-11-13-15-16-17-18-19-20-23-28-33-38-44-50-56-62-77(82)90-68-75(96-79(84)63-57-51-45-39-34-29-24-21-22-26-31-36-42-47-53-59-71(3)4)70-94-98(87,88)92-66-73(80)65-91-97(85,86)93-69-74(67-89-76(81)61-55-49-41-14-12-10-8-2)95-78(83)64-58-52-46-40-35-30-25-27-32-37-43-48-54-60-72(5)6/h71-75,80H,7-70H2,1-6H3,(H,85,86)(H,87,88)/t73-,74+,75+/m0/s1. The van der Waals surface area contributed by atoms with Crippen molar-refractivity contribution >= 4 is 39.5 Å². The van der Waals surface area contributed by atoms with Crippen molar-refractivity contribution in [3.05, 3.63) is 0 Å². The fraction of sp³-hybridized carbons (Fsp3) is 0.949. The Morgan fingerprint density at radius 3 is 0.694 bits per heavy atom. The lowest BCUT2D eigenvalue weighted by Gasteiger charge is -2.21. The van der Waals surface area contributed by atoms with Crippen LogP contribution in [0.15, 0.2) is 0 Å². The molecule has 0 aliphatic heterocycles. The molecular formula is C79H154O17P2. The minimum absolute atomic E-state index is 0.107. The van der Waals surface area contributed by atoms with Gasteiger partial charge in [0.25, 0.3) is 0 Å². The van der Waals surface area contributed by atoms with Crippen molar-refractivity contribution in [3.8, 4) is 0 Å². The first-order chi connectivity index (χ1) is 47.4. The number of carbonyl (C=O) groups is 4. The first-order valence-corrected chi connectivity index (χ1v) is 44.0. The van der Waals surface area contributed by atoms with E-state index in [1.807, 2.05) is 0 Å².